The van der Waals surface area contributed by atoms with Crippen molar-refractivity contribution in [2.45, 2.75) is 18.3 Å². The van der Waals surface area contributed by atoms with Crippen LogP contribution in [0.4, 0.5) is 13.2 Å². The zero-order valence-electron chi connectivity index (χ0n) is 39.3. The summed E-state index contributed by atoms with van der Waals surface area (Å²) in [6.45, 7) is 0.613. The van der Waals surface area contributed by atoms with Crippen molar-refractivity contribution in [3.8, 4) is 11.5 Å². The van der Waals surface area contributed by atoms with Crippen molar-refractivity contribution < 1.29 is 68.6 Å². The third kappa shape index (κ3) is 11.2. The fourth-order valence-electron chi connectivity index (χ4n) is 8.15. The number of benzene rings is 6. The second-order valence-corrected chi connectivity index (χ2v) is 18.2. The van der Waals surface area contributed by atoms with E-state index in [1.54, 1.807) is 24.3 Å². The van der Waals surface area contributed by atoms with E-state index >= 15 is 0 Å². The van der Waals surface area contributed by atoms with Crippen LogP contribution in [0.25, 0.3) is 43.6 Å². The maximum atomic E-state index is 13.3. The summed E-state index contributed by atoms with van der Waals surface area (Å²) in [5.74, 6) is -1.20. The van der Waals surface area contributed by atoms with Crippen LogP contribution in [-0.4, -0.2) is 84.5 Å². The molecule has 0 unspecified atom stereocenters. The predicted octanol–water partition coefficient (Wildman–Crippen LogP) is 8.06. The van der Waals surface area contributed by atoms with Crippen molar-refractivity contribution >= 4 is 89.3 Å². The second kappa shape index (κ2) is 21.8. The van der Waals surface area contributed by atoms with Gasteiger partial charge in [0.2, 0.25) is 11.0 Å². The average molecular weight is 1020 g/mol. The number of pyridine rings is 2. The summed E-state index contributed by atoms with van der Waals surface area (Å²) in [5, 5.41) is 3.13. The molecule has 0 bridgehead atoms. The van der Waals surface area contributed by atoms with Crippen molar-refractivity contribution in [1.29, 1.82) is 0 Å². The van der Waals surface area contributed by atoms with Gasteiger partial charge in [-0.3, -0.25) is 33.2 Å². The van der Waals surface area contributed by atoms with Gasteiger partial charge in [0.15, 0.2) is 0 Å². The number of fused-ring (bicyclic) bond motifs is 4. The summed E-state index contributed by atoms with van der Waals surface area (Å²) in [7, 11) is -2.90. The maximum absolute atomic E-state index is 13.3. The van der Waals surface area contributed by atoms with E-state index in [9.17, 15) is 50.4 Å². The minimum Gasteiger partial charge on any atom is -0.423 e. The monoisotopic (exact) mass is 1020 g/mol. The van der Waals surface area contributed by atoms with Crippen LogP contribution in [0.3, 0.4) is 0 Å². The molecule has 6 aromatic carbocycles. The van der Waals surface area contributed by atoms with Crippen molar-refractivity contribution in [2.75, 3.05) is 20.2 Å². The number of carbonyl (C=O) groups excluding carboxylic acids is 6. The van der Waals surface area contributed by atoms with Crippen LogP contribution in [0.2, 0.25) is 0 Å². The predicted molar refractivity (Wildman–Crippen MR) is 266 cm³/mol. The summed E-state index contributed by atoms with van der Waals surface area (Å²) in [4.78, 5) is 80.2. The number of aryl methyl sites for hydroxylation is 1. The van der Waals surface area contributed by atoms with Gasteiger partial charge in [0.25, 0.3) is 23.6 Å². The Kier molecular flexibility index (Phi) is 15.2. The van der Waals surface area contributed by atoms with Crippen LogP contribution in [0.15, 0.2) is 170 Å². The molecule has 2 aliphatic heterocycles. The lowest BCUT2D eigenvalue weighted by atomic mass is 10.0. The maximum Gasteiger partial charge on any atom is 0.523 e. The van der Waals surface area contributed by atoms with Crippen LogP contribution in [0.5, 0.6) is 11.5 Å². The molecule has 2 aromatic heterocycles. The van der Waals surface area contributed by atoms with Gasteiger partial charge in [-0.25, -0.2) is 14.6 Å². The first kappa shape index (κ1) is 51.4. The number of ether oxygens (including phenoxy) is 2. The van der Waals surface area contributed by atoms with Gasteiger partial charge in [0, 0.05) is 60.3 Å². The van der Waals surface area contributed by atoms with Crippen LogP contribution in [-0.2, 0) is 53.4 Å². The lowest BCUT2D eigenvalue weighted by Gasteiger charge is -2.14. The molecule has 0 saturated carbocycles. The lowest BCUT2D eigenvalue weighted by molar-refractivity contribution is -0.617. The quantitative estimate of drug-likeness (QED) is 0.0231. The van der Waals surface area contributed by atoms with Crippen molar-refractivity contribution in [1.82, 2.24) is 14.8 Å². The van der Waals surface area contributed by atoms with Gasteiger partial charge in [-0.2, -0.15) is 26.2 Å². The van der Waals surface area contributed by atoms with Gasteiger partial charge < -0.3 is 9.47 Å². The van der Waals surface area contributed by atoms with Crippen LogP contribution in [0.1, 0.15) is 31.8 Å². The molecule has 374 valence electrons. The number of halogens is 3. The molecular weight excluding hydrogens is 982 g/mol. The minimum absolute atomic E-state index is 0.290. The standard InChI is InChI=1S/C27H21N2O4.C26H18N2O4.C2H3F3O3S/c1-28-22-8-4-2-6-20(22)26(21-7-3-5-9-23(21)28)27(32)33-19-12-10-18(11-13-19)16-17-29-24(30)14-15-25(29)31;29-23-13-14-24(30)28(23)16-15-17-9-11-18(12-10-17)32-26(31)25-19-5-1-3-7-21(19)27-22-8-4-2-6-20(22)25;1-8-9(6,7)2(3,4)5/h2-15H,16-17H2,1H3;1-14H,15-16H2;1H3/q+1;;. The molecular formula is C55H42F3N4O11S+. The number of rotatable bonds is 11. The molecule has 15 nitrogen and oxygen atoms in total. The molecule has 8 aromatic rings. The Balaban J connectivity index is 0.000000169. The molecule has 2 aliphatic rings. The van der Waals surface area contributed by atoms with E-state index in [0.717, 1.165) is 54.7 Å². The highest BCUT2D eigenvalue weighted by Crippen LogP contribution is 2.29. The number of esters is 2. The number of nitrogens with zero attached hydrogens (tertiary/aromatic N) is 4. The lowest BCUT2D eigenvalue weighted by Crippen LogP contribution is -2.31. The van der Waals surface area contributed by atoms with Crippen molar-refractivity contribution in [3.05, 3.63) is 192 Å². The highest BCUT2D eigenvalue weighted by molar-refractivity contribution is 7.87. The Morgan fingerprint density at radius 1 is 0.527 bits per heavy atom. The molecule has 10 rings (SSSR count). The SMILES string of the molecule is COS(=O)(=O)C(F)(F)F.C[n+]1c2ccccc2c(C(=O)Oc2ccc(CCN3C(=O)C=CC3=O)cc2)c2ccccc21.O=C(Oc1ccc(CCN2C(=O)C=CC2=O)cc1)c1c2ccccc2nc2ccccc12. The number of carbonyl (C=O) groups is 6. The molecule has 0 radical (unpaired) electrons. The number of aromatic nitrogens is 2. The van der Waals surface area contributed by atoms with E-state index in [1.807, 2.05) is 128 Å². The Labute approximate surface area is 420 Å². The fraction of sp³-hybridized carbons (Fsp3) is 0.127. The molecule has 0 N–H and O–H groups in total. The van der Waals surface area contributed by atoms with Gasteiger partial charge in [0.1, 0.15) is 18.5 Å². The highest BCUT2D eigenvalue weighted by Gasteiger charge is 2.46. The first-order valence-electron chi connectivity index (χ1n) is 22.6. The average Bonchev–Trinajstić information content (AvgIpc) is 3.90. The van der Waals surface area contributed by atoms with Gasteiger partial charge in [-0.05, 0) is 72.5 Å². The van der Waals surface area contributed by atoms with Crippen molar-refractivity contribution in [2.24, 2.45) is 7.05 Å². The summed E-state index contributed by atoms with van der Waals surface area (Å²) < 4.78 is 69.4. The summed E-state index contributed by atoms with van der Waals surface area (Å²) in [6, 6.07) is 44.7. The molecule has 74 heavy (non-hydrogen) atoms. The highest BCUT2D eigenvalue weighted by atomic mass is 32.2. The molecule has 0 fully saturated rings. The van der Waals surface area contributed by atoms with E-state index in [-0.39, 0.29) is 23.6 Å². The number of imide groups is 2. The van der Waals surface area contributed by atoms with Gasteiger partial charge >= 0.3 is 27.6 Å². The van der Waals surface area contributed by atoms with E-state index in [4.69, 9.17) is 9.47 Å². The van der Waals surface area contributed by atoms with Gasteiger partial charge in [-0.1, -0.05) is 84.9 Å². The van der Waals surface area contributed by atoms with Crippen LogP contribution >= 0.6 is 0 Å². The zero-order valence-corrected chi connectivity index (χ0v) is 40.1. The summed E-state index contributed by atoms with van der Waals surface area (Å²) in [5.41, 5.74) is 0.917. The number of amides is 4. The summed E-state index contributed by atoms with van der Waals surface area (Å²) in [6.07, 6.45) is 6.16. The van der Waals surface area contributed by atoms with E-state index in [2.05, 4.69) is 13.7 Å². The Morgan fingerprint density at radius 2 is 0.865 bits per heavy atom. The summed E-state index contributed by atoms with van der Waals surface area (Å²) >= 11 is 0. The van der Waals surface area contributed by atoms with Crippen molar-refractivity contribution in [3.63, 3.8) is 0 Å². The largest absolute Gasteiger partial charge is 0.523 e. The molecule has 0 spiro atoms. The number of hydrogen-bond donors (Lipinski definition) is 0. The number of para-hydroxylation sites is 4. The first-order valence-corrected chi connectivity index (χ1v) is 24.0. The number of alkyl halides is 3. The molecule has 0 atom stereocenters. The van der Waals surface area contributed by atoms with Crippen LogP contribution in [0, 0.1) is 0 Å². The first-order chi connectivity index (χ1) is 35.4. The van der Waals surface area contributed by atoms with E-state index in [1.165, 1.54) is 34.1 Å². The Morgan fingerprint density at radius 3 is 1.22 bits per heavy atom. The van der Waals surface area contributed by atoms with E-state index < -0.39 is 27.6 Å². The van der Waals surface area contributed by atoms with Gasteiger partial charge in [0.05, 0.1) is 40.0 Å². The fourth-order valence-corrected chi connectivity index (χ4v) is 8.34. The molecule has 4 heterocycles. The third-order valence-corrected chi connectivity index (χ3v) is 12.9. The molecule has 0 aliphatic carbocycles. The third-order valence-electron chi connectivity index (χ3n) is 11.9. The molecule has 19 heteroatoms. The Hall–Kier alpha value is -8.94. The van der Waals surface area contributed by atoms with E-state index in [0.29, 0.717) is 55.7 Å². The topological polar surface area (TPSA) is 188 Å². The van der Waals surface area contributed by atoms with Crippen LogP contribution < -0.4 is 14.0 Å². The zero-order chi connectivity index (χ0) is 52.7. The molecule has 0 saturated heterocycles. The molecule has 4 amide bonds. The normalized spacial score (nSPS) is 13.4. The number of hydrogen-bond acceptors (Lipinski definition) is 12. The minimum atomic E-state index is -5.34. The smallest absolute Gasteiger partial charge is 0.423 e. The second-order valence-electron chi connectivity index (χ2n) is 16.4. The Bertz CT molecular complexity index is 3570. The van der Waals surface area contributed by atoms with Gasteiger partial charge in [-0.15, -0.1) is 0 Å².